The van der Waals surface area contributed by atoms with Crippen LogP contribution in [0.4, 0.5) is 0 Å². The van der Waals surface area contributed by atoms with Gasteiger partial charge in [-0.25, -0.2) is 0 Å². The van der Waals surface area contributed by atoms with Crippen LogP contribution in [0.15, 0.2) is 0 Å². The average Bonchev–Trinajstić information content (AvgIpc) is 2.02. The zero-order valence-corrected chi connectivity index (χ0v) is 9.61. The van der Waals surface area contributed by atoms with Crippen LogP contribution in [0.2, 0.25) is 0 Å². The molecular weight excluding hydrogens is 144 g/mol. The van der Waals surface area contributed by atoms with Gasteiger partial charge in [0, 0.05) is 0 Å². The second-order valence-electron chi connectivity index (χ2n) is 4.85. The van der Waals surface area contributed by atoms with Gasteiger partial charge in [-0.05, 0) is 24.2 Å². The molecule has 0 aromatic heterocycles. The number of hydrogen-bond donors (Lipinski definition) is 0. The highest BCUT2D eigenvalue weighted by atomic mass is 14.3. The van der Waals surface area contributed by atoms with E-state index in [1.807, 2.05) is 0 Å². The van der Waals surface area contributed by atoms with E-state index in [0.717, 1.165) is 5.92 Å². The summed E-state index contributed by atoms with van der Waals surface area (Å²) >= 11 is 0. The minimum atomic E-state index is 0.624. The fourth-order valence-electron chi connectivity index (χ4n) is 1.72. The Balaban J connectivity index is 3.78. The Hall–Kier alpha value is 0. The molecule has 0 N–H and O–H groups in total. The van der Waals surface area contributed by atoms with Crippen LogP contribution >= 0.6 is 0 Å². The molecular formula is C12H26. The second kappa shape index (κ2) is 5.61. The van der Waals surface area contributed by atoms with Crippen molar-refractivity contribution in [3.63, 3.8) is 0 Å². The predicted molar refractivity (Wildman–Crippen MR) is 57.4 cm³/mol. The molecule has 0 saturated carbocycles. The van der Waals surface area contributed by atoms with Gasteiger partial charge in [-0.2, -0.15) is 0 Å². The molecule has 0 aliphatic rings. The van der Waals surface area contributed by atoms with E-state index in [-0.39, 0.29) is 0 Å². The van der Waals surface area contributed by atoms with E-state index >= 15 is 0 Å². The van der Waals surface area contributed by atoms with E-state index in [1.54, 1.807) is 0 Å². The fraction of sp³-hybridized carbons (Fsp3) is 1.00. The average molecular weight is 170 g/mol. The van der Waals surface area contributed by atoms with Gasteiger partial charge in [0.1, 0.15) is 0 Å². The lowest BCUT2D eigenvalue weighted by atomic mass is 9.77. The van der Waals surface area contributed by atoms with Crippen molar-refractivity contribution in [2.24, 2.45) is 11.3 Å². The molecule has 0 fully saturated rings. The van der Waals surface area contributed by atoms with Crippen molar-refractivity contribution in [3.05, 3.63) is 0 Å². The summed E-state index contributed by atoms with van der Waals surface area (Å²) in [5, 5.41) is 0. The Morgan fingerprint density at radius 3 is 2.00 bits per heavy atom. The molecule has 0 rings (SSSR count). The lowest BCUT2D eigenvalue weighted by molar-refractivity contribution is 0.238. The minimum absolute atomic E-state index is 0.624. The van der Waals surface area contributed by atoms with E-state index in [0.29, 0.717) is 5.41 Å². The largest absolute Gasteiger partial charge is 0.0654 e. The maximum Gasteiger partial charge on any atom is -0.0328 e. The Labute approximate surface area is 78.8 Å². The van der Waals surface area contributed by atoms with Crippen molar-refractivity contribution >= 4 is 0 Å². The second-order valence-corrected chi connectivity index (χ2v) is 4.85. The first-order valence-corrected chi connectivity index (χ1v) is 5.54. The molecule has 0 amide bonds. The highest BCUT2D eigenvalue weighted by molar-refractivity contribution is 4.72. The van der Waals surface area contributed by atoms with Gasteiger partial charge < -0.3 is 0 Å². The Kier molecular flexibility index (Phi) is 5.61. The molecule has 0 aliphatic carbocycles. The topological polar surface area (TPSA) is 0 Å². The van der Waals surface area contributed by atoms with E-state index in [2.05, 4.69) is 34.6 Å². The van der Waals surface area contributed by atoms with Crippen LogP contribution in [0.25, 0.3) is 0 Å². The summed E-state index contributed by atoms with van der Waals surface area (Å²) in [5.41, 5.74) is 0.624. The molecule has 1 atom stereocenters. The molecule has 0 heterocycles. The van der Waals surface area contributed by atoms with Crippen molar-refractivity contribution in [2.75, 3.05) is 0 Å². The summed E-state index contributed by atoms with van der Waals surface area (Å²) < 4.78 is 0. The van der Waals surface area contributed by atoms with Crippen molar-refractivity contribution in [1.82, 2.24) is 0 Å². The smallest absolute Gasteiger partial charge is 0.0328 e. The molecule has 74 valence electrons. The van der Waals surface area contributed by atoms with E-state index in [9.17, 15) is 0 Å². The Bertz CT molecular complexity index is 105. The van der Waals surface area contributed by atoms with Gasteiger partial charge in [0.05, 0.1) is 0 Å². The highest BCUT2D eigenvalue weighted by Gasteiger charge is 2.20. The molecule has 0 nitrogen and oxygen atoms in total. The summed E-state index contributed by atoms with van der Waals surface area (Å²) in [6.07, 6.45) is 6.88. The van der Waals surface area contributed by atoms with Crippen LogP contribution in [-0.4, -0.2) is 0 Å². The molecule has 0 heteroatoms. The van der Waals surface area contributed by atoms with Crippen LogP contribution < -0.4 is 0 Å². The Morgan fingerprint density at radius 1 is 1.08 bits per heavy atom. The molecule has 0 radical (unpaired) electrons. The molecule has 0 aliphatic heterocycles. The first-order valence-electron chi connectivity index (χ1n) is 5.54. The third-order valence-electron chi connectivity index (χ3n) is 3.03. The van der Waals surface area contributed by atoms with Gasteiger partial charge in [0.25, 0.3) is 0 Å². The van der Waals surface area contributed by atoms with Crippen LogP contribution in [0.1, 0.15) is 66.7 Å². The standard InChI is InChI=1S/C12H26/c1-6-9-12(5,7-2)10-8-11(3)4/h11H,6-10H2,1-5H3. The molecule has 0 spiro atoms. The first-order chi connectivity index (χ1) is 5.54. The molecule has 0 bridgehead atoms. The van der Waals surface area contributed by atoms with Gasteiger partial charge >= 0.3 is 0 Å². The van der Waals surface area contributed by atoms with Crippen LogP contribution in [0.5, 0.6) is 0 Å². The van der Waals surface area contributed by atoms with Crippen LogP contribution in [0, 0.1) is 11.3 Å². The van der Waals surface area contributed by atoms with E-state index in [4.69, 9.17) is 0 Å². The summed E-state index contributed by atoms with van der Waals surface area (Å²) in [5.74, 6) is 0.868. The molecule has 0 aromatic rings. The first kappa shape index (κ1) is 12.0. The zero-order chi connectivity index (χ0) is 9.61. The minimum Gasteiger partial charge on any atom is -0.0654 e. The van der Waals surface area contributed by atoms with Gasteiger partial charge in [0.15, 0.2) is 0 Å². The number of hydrogen-bond acceptors (Lipinski definition) is 0. The van der Waals surface area contributed by atoms with Crippen LogP contribution in [0.3, 0.4) is 0 Å². The summed E-state index contributed by atoms with van der Waals surface area (Å²) in [6, 6.07) is 0. The van der Waals surface area contributed by atoms with Crippen molar-refractivity contribution in [1.29, 1.82) is 0 Å². The van der Waals surface area contributed by atoms with Crippen LogP contribution in [-0.2, 0) is 0 Å². The summed E-state index contributed by atoms with van der Waals surface area (Å²) in [4.78, 5) is 0. The fourth-order valence-corrected chi connectivity index (χ4v) is 1.72. The summed E-state index contributed by atoms with van der Waals surface area (Å²) in [6.45, 7) is 11.7. The van der Waals surface area contributed by atoms with Gasteiger partial charge in [0.2, 0.25) is 0 Å². The highest BCUT2D eigenvalue weighted by Crippen LogP contribution is 2.33. The molecule has 1 unspecified atom stereocenters. The van der Waals surface area contributed by atoms with Crippen molar-refractivity contribution in [3.8, 4) is 0 Å². The van der Waals surface area contributed by atoms with Crippen molar-refractivity contribution in [2.45, 2.75) is 66.7 Å². The lowest BCUT2D eigenvalue weighted by Crippen LogP contribution is -2.15. The van der Waals surface area contributed by atoms with E-state index in [1.165, 1.54) is 32.1 Å². The Morgan fingerprint density at radius 2 is 1.67 bits per heavy atom. The maximum atomic E-state index is 2.44. The normalized spacial score (nSPS) is 16.5. The molecule has 12 heavy (non-hydrogen) atoms. The van der Waals surface area contributed by atoms with Gasteiger partial charge in [-0.3, -0.25) is 0 Å². The monoisotopic (exact) mass is 170 g/mol. The molecule has 0 aromatic carbocycles. The zero-order valence-electron chi connectivity index (χ0n) is 9.61. The van der Waals surface area contributed by atoms with Crippen molar-refractivity contribution < 1.29 is 0 Å². The summed E-state index contributed by atoms with van der Waals surface area (Å²) in [7, 11) is 0. The SMILES string of the molecule is CCCC(C)(CC)CCC(C)C. The molecule has 0 saturated heterocycles. The third kappa shape index (κ3) is 4.79. The predicted octanol–water partition coefficient (Wildman–Crippen LogP) is 4.64. The lowest BCUT2D eigenvalue weighted by Gasteiger charge is -2.28. The quantitative estimate of drug-likeness (QED) is 0.545. The number of rotatable bonds is 6. The third-order valence-corrected chi connectivity index (χ3v) is 3.03. The van der Waals surface area contributed by atoms with Gasteiger partial charge in [-0.15, -0.1) is 0 Å². The maximum absolute atomic E-state index is 2.44. The van der Waals surface area contributed by atoms with Gasteiger partial charge in [-0.1, -0.05) is 53.9 Å². The van der Waals surface area contributed by atoms with E-state index < -0.39 is 0 Å².